The summed E-state index contributed by atoms with van der Waals surface area (Å²) in [6, 6.07) is 17.3. The lowest BCUT2D eigenvalue weighted by Gasteiger charge is -2.26. The summed E-state index contributed by atoms with van der Waals surface area (Å²) < 4.78 is 5.42. The van der Waals surface area contributed by atoms with Crippen LogP contribution in [0.25, 0.3) is 0 Å². The molecule has 1 N–H and O–H groups in total. The van der Waals surface area contributed by atoms with Crippen molar-refractivity contribution in [2.45, 2.75) is 25.8 Å². The van der Waals surface area contributed by atoms with Crippen LogP contribution in [0.15, 0.2) is 67.3 Å². The highest BCUT2D eigenvalue weighted by atomic mass is 16.5. The van der Waals surface area contributed by atoms with Crippen LogP contribution in [0.1, 0.15) is 29.8 Å². The molecule has 0 saturated heterocycles. The summed E-state index contributed by atoms with van der Waals surface area (Å²) in [5, 5.41) is 3.09. The van der Waals surface area contributed by atoms with E-state index in [1.54, 1.807) is 30.3 Å². The number of rotatable bonds is 7. The standard InChI is InChI=1S/C20H23NO2/c1-4-14-23-18-12-10-17(11-13-18)19(22)21-20(2,3)15-16-8-6-5-7-9-16/h4-13H,1,14-15H2,2-3H3,(H,21,22). The van der Waals surface area contributed by atoms with Crippen molar-refractivity contribution < 1.29 is 9.53 Å². The highest BCUT2D eigenvalue weighted by molar-refractivity contribution is 5.94. The van der Waals surface area contributed by atoms with Crippen molar-refractivity contribution in [3.05, 3.63) is 78.4 Å². The summed E-state index contributed by atoms with van der Waals surface area (Å²) in [6.45, 7) is 8.12. The zero-order valence-electron chi connectivity index (χ0n) is 13.7. The van der Waals surface area contributed by atoms with Crippen LogP contribution in [0.4, 0.5) is 0 Å². The number of hydrogen-bond acceptors (Lipinski definition) is 2. The largest absolute Gasteiger partial charge is 0.490 e. The first-order chi connectivity index (χ1) is 11.0. The molecular weight excluding hydrogens is 286 g/mol. The number of nitrogens with one attached hydrogen (secondary N) is 1. The van der Waals surface area contributed by atoms with Gasteiger partial charge >= 0.3 is 0 Å². The molecule has 3 nitrogen and oxygen atoms in total. The monoisotopic (exact) mass is 309 g/mol. The maximum Gasteiger partial charge on any atom is 0.251 e. The zero-order chi connectivity index (χ0) is 16.7. The molecule has 0 aliphatic rings. The van der Waals surface area contributed by atoms with Crippen molar-refractivity contribution in [3.63, 3.8) is 0 Å². The number of carbonyl (C=O) groups is 1. The molecule has 0 aliphatic carbocycles. The third-order valence-corrected chi connectivity index (χ3v) is 3.43. The van der Waals surface area contributed by atoms with Crippen LogP contribution in [0.3, 0.4) is 0 Å². The molecule has 23 heavy (non-hydrogen) atoms. The van der Waals surface area contributed by atoms with Crippen LogP contribution >= 0.6 is 0 Å². The molecule has 0 aromatic heterocycles. The van der Waals surface area contributed by atoms with Gasteiger partial charge in [-0.1, -0.05) is 43.0 Å². The van der Waals surface area contributed by atoms with E-state index in [1.807, 2.05) is 32.0 Å². The Morgan fingerprint density at radius 1 is 1.13 bits per heavy atom. The summed E-state index contributed by atoms with van der Waals surface area (Å²) in [7, 11) is 0. The Balaban J connectivity index is 1.98. The van der Waals surface area contributed by atoms with E-state index in [0.29, 0.717) is 12.2 Å². The van der Waals surface area contributed by atoms with Gasteiger partial charge in [0.25, 0.3) is 5.91 Å². The minimum Gasteiger partial charge on any atom is -0.490 e. The predicted molar refractivity (Wildman–Crippen MR) is 93.8 cm³/mol. The number of ether oxygens (including phenoxy) is 1. The van der Waals surface area contributed by atoms with Gasteiger partial charge in [-0.2, -0.15) is 0 Å². The zero-order valence-corrected chi connectivity index (χ0v) is 13.7. The summed E-state index contributed by atoms with van der Waals surface area (Å²) in [4.78, 5) is 12.4. The minimum absolute atomic E-state index is 0.0822. The van der Waals surface area contributed by atoms with E-state index in [9.17, 15) is 4.79 Å². The van der Waals surface area contributed by atoms with Gasteiger partial charge in [0.05, 0.1) is 0 Å². The molecule has 2 aromatic rings. The lowest BCUT2D eigenvalue weighted by Crippen LogP contribution is -2.45. The third-order valence-electron chi connectivity index (χ3n) is 3.43. The van der Waals surface area contributed by atoms with Gasteiger partial charge in [0.2, 0.25) is 0 Å². The van der Waals surface area contributed by atoms with Crippen LogP contribution in [0.2, 0.25) is 0 Å². The van der Waals surface area contributed by atoms with Gasteiger partial charge in [-0.15, -0.1) is 0 Å². The first-order valence-electron chi connectivity index (χ1n) is 7.70. The van der Waals surface area contributed by atoms with Gasteiger partial charge in [-0.25, -0.2) is 0 Å². The minimum atomic E-state index is -0.323. The molecule has 0 bridgehead atoms. The average molecular weight is 309 g/mol. The van der Waals surface area contributed by atoms with Crippen molar-refractivity contribution in [3.8, 4) is 5.75 Å². The summed E-state index contributed by atoms with van der Waals surface area (Å²) in [5.41, 5.74) is 1.50. The SMILES string of the molecule is C=CCOc1ccc(C(=O)NC(C)(C)Cc2ccccc2)cc1. The molecule has 0 saturated carbocycles. The van der Waals surface area contributed by atoms with Gasteiger partial charge in [0.15, 0.2) is 0 Å². The molecule has 0 spiro atoms. The Morgan fingerprint density at radius 2 is 1.78 bits per heavy atom. The van der Waals surface area contributed by atoms with E-state index in [0.717, 1.165) is 12.2 Å². The maximum atomic E-state index is 12.4. The van der Waals surface area contributed by atoms with Crippen LogP contribution in [0.5, 0.6) is 5.75 Å². The molecule has 0 aliphatic heterocycles. The number of hydrogen-bond donors (Lipinski definition) is 1. The van der Waals surface area contributed by atoms with Gasteiger partial charge in [0.1, 0.15) is 12.4 Å². The molecule has 0 heterocycles. The van der Waals surface area contributed by atoms with E-state index < -0.39 is 0 Å². The summed E-state index contributed by atoms with van der Waals surface area (Å²) in [5.74, 6) is 0.645. The Hall–Kier alpha value is -2.55. The van der Waals surface area contributed by atoms with E-state index in [1.165, 1.54) is 5.56 Å². The fraction of sp³-hybridized carbons (Fsp3) is 0.250. The smallest absolute Gasteiger partial charge is 0.251 e. The lowest BCUT2D eigenvalue weighted by molar-refractivity contribution is 0.0913. The van der Waals surface area contributed by atoms with Crippen molar-refractivity contribution in [1.29, 1.82) is 0 Å². The van der Waals surface area contributed by atoms with Crippen LogP contribution in [-0.4, -0.2) is 18.1 Å². The average Bonchev–Trinajstić information content (AvgIpc) is 2.53. The van der Waals surface area contributed by atoms with Crippen molar-refractivity contribution in [2.24, 2.45) is 0 Å². The Morgan fingerprint density at radius 3 is 2.39 bits per heavy atom. The number of benzene rings is 2. The highest BCUT2D eigenvalue weighted by Gasteiger charge is 2.21. The molecule has 1 amide bonds. The molecular formula is C20H23NO2. The second-order valence-electron chi connectivity index (χ2n) is 6.12. The first kappa shape index (κ1) is 16.8. The van der Waals surface area contributed by atoms with Crippen molar-refractivity contribution in [1.82, 2.24) is 5.32 Å². The molecule has 2 rings (SSSR count). The predicted octanol–water partition coefficient (Wildman–Crippen LogP) is 4.00. The third kappa shape index (κ3) is 5.29. The van der Waals surface area contributed by atoms with Crippen molar-refractivity contribution >= 4 is 5.91 Å². The summed E-state index contributed by atoms with van der Waals surface area (Å²) >= 11 is 0. The molecule has 0 radical (unpaired) electrons. The molecule has 2 aromatic carbocycles. The highest BCUT2D eigenvalue weighted by Crippen LogP contribution is 2.16. The molecule has 3 heteroatoms. The van der Waals surface area contributed by atoms with Crippen LogP contribution in [-0.2, 0) is 6.42 Å². The van der Waals surface area contributed by atoms with Gasteiger partial charge in [-0.05, 0) is 50.1 Å². The molecule has 0 fully saturated rings. The van der Waals surface area contributed by atoms with Crippen LogP contribution < -0.4 is 10.1 Å². The second kappa shape index (κ2) is 7.63. The molecule has 120 valence electrons. The van der Waals surface area contributed by atoms with Gasteiger partial charge in [-0.3, -0.25) is 4.79 Å². The first-order valence-corrected chi connectivity index (χ1v) is 7.70. The maximum absolute atomic E-state index is 12.4. The molecule has 0 unspecified atom stereocenters. The number of carbonyl (C=O) groups excluding carboxylic acids is 1. The van der Waals surface area contributed by atoms with E-state index in [2.05, 4.69) is 24.0 Å². The Bertz CT molecular complexity index is 645. The van der Waals surface area contributed by atoms with E-state index in [4.69, 9.17) is 4.74 Å². The summed E-state index contributed by atoms with van der Waals surface area (Å²) in [6.07, 6.45) is 2.47. The second-order valence-corrected chi connectivity index (χ2v) is 6.12. The lowest BCUT2D eigenvalue weighted by atomic mass is 9.94. The number of amides is 1. The Labute approximate surface area is 138 Å². The van der Waals surface area contributed by atoms with E-state index >= 15 is 0 Å². The van der Waals surface area contributed by atoms with Gasteiger partial charge in [0, 0.05) is 11.1 Å². The van der Waals surface area contributed by atoms with Crippen LogP contribution in [0, 0.1) is 0 Å². The quantitative estimate of drug-likeness (QED) is 0.785. The normalized spacial score (nSPS) is 10.9. The van der Waals surface area contributed by atoms with E-state index in [-0.39, 0.29) is 11.4 Å². The Kier molecular flexibility index (Phi) is 5.58. The fourth-order valence-corrected chi connectivity index (χ4v) is 2.39. The van der Waals surface area contributed by atoms with Crippen molar-refractivity contribution in [2.75, 3.05) is 6.61 Å². The van der Waals surface area contributed by atoms with Gasteiger partial charge < -0.3 is 10.1 Å². The molecule has 0 atom stereocenters. The fourth-order valence-electron chi connectivity index (χ4n) is 2.39. The topological polar surface area (TPSA) is 38.3 Å².